The Kier molecular flexibility index (Phi) is 3.55. The second-order valence-electron chi connectivity index (χ2n) is 3.34. The first-order valence-corrected chi connectivity index (χ1v) is 4.51. The topological polar surface area (TPSA) is 30.2 Å². The molecule has 15 heavy (non-hydrogen) atoms. The maximum atomic E-state index is 11.9. The third-order valence-corrected chi connectivity index (χ3v) is 2.03. The van der Waals surface area contributed by atoms with Gasteiger partial charge in [-0.2, -0.15) is 13.2 Å². The van der Waals surface area contributed by atoms with Gasteiger partial charge in [0.1, 0.15) is 17.8 Å². The summed E-state index contributed by atoms with van der Waals surface area (Å²) < 4.78 is 40.9. The van der Waals surface area contributed by atoms with Crippen LogP contribution in [-0.2, 0) is 4.79 Å². The van der Waals surface area contributed by atoms with Crippen molar-refractivity contribution in [3.05, 3.63) is 23.7 Å². The van der Waals surface area contributed by atoms with Crippen molar-refractivity contribution in [2.75, 3.05) is 0 Å². The fourth-order valence-corrected chi connectivity index (χ4v) is 1.25. The van der Waals surface area contributed by atoms with Crippen molar-refractivity contribution >= 4 is 6.29 Å². The second kappa shape index (κ2) is 4.51. The summed E-state index contributed by atoms with van der Waals surface area (Å²) in [6, 6.07) is 3.16. The van der Waals surface area contributed by atoms with Crippen molar-refractivity contribution in [1.82, 2.24) is 0 Å². The van der Waals surface area contributed by atoms with Crippen LogP contribution in [0.4, 0.5) is 13.2 Å². The molecule has 0 aliphatic carbocycles. The molecule has 1 unspecified atom stereocenters. The van der Waals surface area contributed by atoms with E-state index in [0.29, 0.717) is 17.8 Å². The molecule has 5 heteroatoms. The molecule has 1 aromatic rings. The first kappa shape index (κ1) is 11.8. The molecule has 1 aromatic heterocycles. The Balaban J connectivity index is 2.61. The zero-order valence-electron chi connectivity index (χ0n) is 8.17. The quantitative estimate of drug-likeness (QED) is 0.729. The average molecular weight is 220 g/mol. The molecule has 1 rings (SSSR count). The standard InChI is InChI=1S/C10H11F3O2/c1-7-2-3-9(15-7)8(6-14)4-5-10(11,12)13/h2-3,6,8H,4-5H2,1H3. The van der Waals surface area contributed by atoms with Crippen molar-refractivity contribution < 1.29 is 22.4 Å². The van der Waals surface area contributed by atoms with E-state index in [-0.39, 0.29) is 6.42 Å². The summed E-state index contributed by atoms with van der Waals surface area (Å²) in [5.41, 5.74) is 0. The molecule has 0 saturated heterocycles. The van der Waals surface area contributed by atoms with Gasteiger partial charge < -0.3 is 9.21 Å². The van der Waals surface area contributed by atoms with Gasteiger partial charge in [-0.15, -0.1) is 0 Å². The molecule has 0 spiro atoms. The number of aryl methyl sites for hydroxylation is 1. The molecule has 0 fully saturated rings. The number of carbonyl (C=O) groups is 1. The van der Waals surface area contributed by atoms with Gasteiger partial charge in [0.05, 0.1) is 5.92 Å². The zero-order chi connectivity index (χ0) is 11.5. The summed E-state index contributed by atoms with van der Waals surface area (Å²) in [5, 5.41) is 0. The first-order chi connectivity index (χ1) is 6.92. The molecule has 0 aliphatic heterocycles. The number of rotatable bonds is 4. The highest BCUT2D eigenvalue weighted by Crippen LogP contribution is 2.28. The summed E-state index contributed by atoms with van der Waals surface area (Å²) in [6.07, 6.45) is -4.98. The molecule has 84 valence electrons. The highest BCUT2D eigenvalue weighted by atomic mass is 19.4. The van der Waals surface area contributed by atoms with Crippen molar-refractivity contribution in [3.8, 4) is 0 Å². The van der Waals surface area contributed by atoms with Crippen LogP contribution in [0.2, 0.25) is 0 Å². The van der Waals surface area contributed by atoms with E-state index in [2.05, 4.69) is 0 Å². The van der Waals surface area contributed by atoms with E-state index >= 15 is 0 Å². The van der Waals surface area contributed by atoms with E-state index < -0.39 is 18.5 Å². The van der Waals surface area contributed by atoms with Crippen LogP contribution in [0.1, 0.15) is 30.3 Å². The summed E-state index contributed by atoms with van der Waals surface area (Å²) >= 11 is 0. The molecular formula is C10H11F3O2. The fourth-order valence-electron chi connectivity index (χ4n) is 1.25. The molecule has 0 saturated carbocycles. The maximum absolute atomic E-state index is 11.9. The third kappa shape index (κ3) is 3.77. The van der Waals surface area contributed by atoms with E-state index in [1.807, 2.05) is 0 Å². The largest absolute Gasteiger partial charge is 0.466 e. The molecular weight excluding hydrogens is 209 g/mol. The molecule has 2 nitrogen and oxygen atoms in total. The smallest absolute Gasteiger partial charge is 0.389 e. The van der Waals surface area contributed by atoms with Gasteiger partial charge in [-0.05, 0) is 25.5 Å². The Bertz CT molecular complexity index is 328. The molecule has 1 heterocycles. The van der Waals surface area contributed by atoms with Crippen molar-refractivity contribution in [3.63, 3.8) is 0 Å². The van der Waals surface area contributed by atoms with Crippen LogP contribution in [0.5, 0.6) is 0 Å². The average Bonchev–Trinajstić information content (AvgIpc) is 2.51. The predicted molar refractivity (Wildman–Crippen MR) is 47.5 cm³/mol. The van der Waals surface area contributed by atoms with Gasteiger partial charge in [0, 0.05) is 6.42 Å². The minimum Gasteiger partial charge on any atom is -0.466 e. The number of aldehydes is 1. The minimum absolute atomic E-state index is 0.264. The number of furan rings is 1. The van der Waals surface area contributed by atoms with Crippen LogP contribution >= 0.6 is 0 Å². The molecule has 0 radical (unpaired) electrons. The van der Waals surface area contributed by atoms with E-state index in [1.54, 1.807) is 13.0 Å². The zero-order valence-corrected chi connectivity index (χ0v) is 8.17. The van der Waals surface area contributed by atoms with Crippen LogP contribution in [-0.4, -0.2) is 12.5 Å². The fraction of sp³-hybridized carbons (Fsp3) is 0.500. The van der Waals surface area contributed by atoms with Gasteiger partial charge in [0.2, 0.25) is 0 Å². The molecule has 0 bridgehead atoms. The lowest BCUT2D eigenvalue weighted by molar-refractivity contribution is -0.137. The van der Waals surface area contributed by atoms with Crippen molar-refractivity contribution in [1.29, 1.82) is 0 Å². The second-order valence-corrected chi connectivity index (χ2v) is 3.34. The third-order valence-electron chi connectivity index (χ3n) is 2.03. The number of carbonyl (C=O) groups excluding carboxylic acids is 1. The van der Waals surface area contributed by atoms with E-state index in [0.717, 1.165) is 0 Å². The lowest BCUT2D eigenvalue weighted by Crippen LogP contribution is -2.10. The Morgan fingerprint density at radius 3 is 2.53 bits per heavy atom. The van der Waals surface area contributed by atoms with Crippen LogP contribution < -0.4 is 0 Å². The van der Waals surface area contributed by atoms with Crippen LogP contribution in [0.15, 0.2) is 16.5 Å². The Morgan fingerprint density at radius 1 is 1.47 bits per heavy atom. The van der Waals surface area contributed by atoms with Gasteiger partial charge in [-0.1, -0.05) is 0 Å². The number of halogens is 3. The van der Waals surface area contributed by atoms with E-state index in [4.69, 9.17) is 4.42 Å². The Hall–Kier alpha value is -1.26. The molecule has 0 aromatic carbocycles. The normalized spacial score (nSPS) is 13.9. The number of hydrogen-bond acceptors (Lipinski definition) is 2. The Morgan fingerprint density at radius 2 is 2.13 bits per heavy atom. The molecule has 0 N–H and O–H groups in total. The van der Waals surface area contributed by atoms with Crippen molar-refractivity contribution in [2.45, 2.75) is 31.9 Å². The monoisotopic (exact) mass is 220 g/mol. The van der Waals surface area contributed by atoms with Gasteiger partial charge in [0.15, 0.2) is 0 Å². The molecule has 1 atom stereocenters. The van der Waals surface area contributed by atoms with E-state index in [9.17, 15) is 18.0 Å². The highest BCUT2D eigenvalue weighted by molar-refractivity contribution is 5.60. The summed E-state index contributed by atoms with van der Waals surface area (Å²) in [4.78, 5) is 10.6. The van der Waals surface area contributed by atoms with Crippen LogP contribution in [0.25, 0.3) is 0 Å². The lowest BCUT2D eigenvalue weighted by Gasteiger charge is -2.09. The summed E-state index contributed by atoms with van der Waals surface area (Å²) in [7, 11) is 0. The maximum Gasteiger partial charge on any atom is 0.389 e. The van der Waals surface area contributed by atoms with Gasteiger partial charge in [-0.3, -0.25) is 0 Å². The highest BCUT2D eigenvalue weighted by Gasteiger charge is 2.29. The summed E-state index contributed by atoms with van der Waals surface area (Å²) in [6.45, 7) is 1.68. The van der Waals surface area contributed by atoms with Crippen molar-refractivity contribution in [2.24, 2.45) is 0 Å². The van der Waals surface area contributed by atoms with Crippen LogP contribution in [0.3, 0.4) is 0 Å². The minimum atomic E-state index is -4.23. The SMILES string of the molecule is Cc1ccc(C(C=O)CCC(F)(F)F)o1. The van der Waals surface area contributed by atoms with Gasteiger partial charge in [0.25, 0.3) is 0 Å². The number of alkyl halides is 3. The van der Waals surface area contributed by atoms with Gasteiger partial charge >= 0.3 is 6.18 Å². The molecule has 0 aliphatic rings. The Labute approximate surface area is 85.1 Å². The lowest BCUT2D eigenvalue weighted by atomic mass is 10.0. The molecule has 0 amide bonds. The van der Waals surface area contributed by atoms with E-state index in [1.165, 1.54) is 6.07 Å². The van der Waals surface area contributed by atoms with Crippen LogP contribution in [0, 0.1) is 6.92 Å². The number of hydrogen-bond donors (Lipinski definition) is 0. The summed E-state index contributed by atoms with van der Waals surface area (Å²) in [5.74, 6) is 0.0796. The predicted octanol–water partition coefficient (Wildman–Crippen LogP) is 3.21. The first-order valence-electron chi connectivity index (χ1n) is 4.51. The van der Waals surface area contributed by atoms with Gasteiger partial charge in [-0.25, -0.2) is 0 Å².